The Labute approximate surface area is 250 Å². The molecular weight excluding hydrogens is 553 g/mol. The first-order valence-electron chi connectivity index (χ1n) is 14.0. The van der Waals surface area contributed by atoms with Gasteiger partial charge in [0.25, 0.3) is 5.91 Å². The second-order valence-corrected chi connectivity index (χ2v) is 10.00. The lowest BCUT2D eigenvalue weighted by atomic mass is 10.1. The standard InChI is InChI=1S/C33H36FN3O6/c34-27-16-14-25(15-17-27)23-37(29(33(42)43)13-4-5-20-35-30(38)18-19-31(39)40)21-7-9-24-8-6-12-28(22-24)36-32(41)26-10-2-1-3-11-26/h1-3,6-12,14-17,22,29H,4-5,13,18-21,23H2,(H,35,38)(H,36,41)(H,39,40)(H,42,43)/b9-7+/t29-/m0/s1. The van der Waals surface area contributed by atoms with Gasteiger partial charge in [-0.1, -0.05) is 54.6 Å². The Balaban J connectivity index is 1.64. The molecule has 0 bridgehead atoms. The zero-order valence-corrected chi connectivity index (χ0v) is 23.7. The van der Waals surface area contributed by atoms with Crippen molar-refractivity contribution in [2.24, 2.45) is 0 Å². The van der Waals surface area contributed by atoms with Crippen molar-refractivity contribution in [3.8, 4) is 0 Å². The molecule has 0 saturated carbocycles. The van der Waals surface area contributed by atoms with Gasteiger partial charge in [0.05, 0.1) is 6.42 Å². The van der Waals surface area contributed by atoms with Gasteiger partial charge in [-0.2, -0.15) is 0 Å². The second-order valence-electron chi connectivity index (χ2n) is 10.00. The number of carboxylic acid groups (broad SMARTS) is 2. The molecule has 3 aromatic rings. The van der Waals surface area contributed by atoms with Gasteiger partial charge in [-0.3, -0.25) is 24.1 Å². The quantitative estimate of drug-likeness (QED) is 0.159. The van der Waals surface area contributed by atoms with E-state index in [-0.39, 0.29) is 37.0 Å². The number of aliphatic carboxylic acids is 2. The first kappa shape index (κ1) is 32.7. The first-order valence-corrected chi connectivity index (χ1v) is 14.0. The van der Waals surface area contributed by atoms with Crippen molar-refractivity contribution in [1.82, 2.24) is 10.2 Å². The molecule has 0 unspecified atom stereocenters. The maximum absolute atomic E-state index is 13.5. The molecule has 0 radical (unpaired) electrons. The van der Waals surface area contributed by atoms with Gasteiger partial charge in [-0.25, -0.2) is 4.39 Å². The number of hydrogen-bond donors (Lipinski definition) is 4. The van der Waals surface area contributed by atoms with Crippen LogP contribution in [0.2, 0.25) is 0 Å². The number of rotatable bonds is 17. The smallest absolute Gasteiger partial charge is 0.320 e. The lowest BCUT2D eigenvalue weighted by molar-refractivity contribution is -0.143. The molecule has 10 heteroatoms. The molecule has 0 saturated heterocycles. The molecule has 43 heavy (non-hydrogen) atoms. The van der Waals surface area contributed by atoms with E-state index in [0.29, 0.717) is 43.6 Å². The number of amides is 2. The van der Waals surface area contributed by atoms with Crippen molar-refractivity contribution in [3.63, 3.8) is 0 Å². The van der Waals surface area contributed by atoms with Crippen LogP contribution in [-0.4, -0.2) is 58.0 Å². The molecule has 0 heterocycles. The van der Waals surface area contributed by atoms with Gasteiger partial charge >= 0.3 is 11.9 Å². The van der Waals surface area contributed by atoms with Crippen LogP contribution in [0.15, 0.2) is 84.9 Å². The summed E-state index contributed by atoms with van der Waals surface area (Å²) >= 11 is 0. The molecule has 226 valence electrons. The number of carboxylic acids is 2. The summed E-state index contributed by atoms with van der Waals surface area (Å²) < 4.78 is 13.5. The van der Waals surface area contributed by atoms with E-state index < -0.39 is 18.0 Å². The highest BCUT2D eigenvalue weighted by Crippen LogP contribution is 2.17. The Morgan fingerprint density at radius 2 is 1.63 bits per heavy atom. The molecule has 3 aromatic carbocycles. The van der Waals surface area contributed by atoms with Gasteiger partial charge in [0.2, 0.25) is 5.91 Å². The maximum atomic E-state index is 13.5. The van der Waals surface area contributed by atoms with Crippen LogP contribution in [0, 0.1) is 5.82 Å². The molecule has 2 amide bonds. The lowest BCUT2D eigenvalue weighted by Crippen LogP contribution is -2.41. The molecule has 3 rings (SSSR count). The van der Waals surface area contributed by atoms with E-state index in [0.717, 1.165) is 11.1 Å². The van der Waals surface area contributed by atoms with E-state index in [2.05, 4.69) is 10.6 Å². The third kappa shape index (κ3) is 11.9. The third-order valence-electron chi connectivity index (χ3n) is 6.65. The number of nitrogens with one attached hydrogen (secondary N) is 2. The molecule has 0 aliphatic rings. The number of unbranched alkanes of at least 4 members (excludes halogenated alkanes) is 1. The number of carbonyl (C=O) groups is 4. The molecular formula is C33H36FN3O6. The van der Waals surface area contributed by atoms with E-state index in [1.807, 2.05) is 36.4 Å². The monoisotopic (exact) mass is 589 g/mol. The Morgan fingerprint density at radius 1 is 0.884 bits per heavy atom. The van der Waals surface area contributed by atoms with Crippen LogP contribution >= 0.6 is 0 Å². The van der Waals surface area contributed by atoms with Crippen molar-refractivity contribution in [2.75, 3.05) is 18.4 Å². The average Bonchev–Trinajstić information content (AvgIpc) is 2.99. The summed E-state index contributed by atoms with van der Waals surface area (Å²) in [4.78, 5) is 49.0. The van der Waals surface area contributed by atoms with E-state index >= 15 is 0 Å². The number of halogens is 1. The molecule has 4 N–H and O–H groups in total. The van der Waals surface area contributed by atoms with Gasteiger partial charge in [-0.15, -0.1) is 0 Å². The fourth-order valence-corrected chi connectivity index (χ4v) is 4.42. The normalized spacial score (nSPS) is 11.8. The highest BCUT2D eigenvalue weighted by Gasteiger charge is 2.24. The molecule has 0 aromatic heterocycles. The topological polar surface area (TPSA) is 136 Å². The summed E-state index contributed by atoms with van der Waals surface area (Å²) in [7, 11) is 0. The van der Waals surface area contributed by atoms with Crippen LogP contribution in [-0.2, 0) is 20.9 Å². The van der Waals surface area contributed by atoms with Crippen LogP contribution in [0.4, 0.5) is 10.1 Å². The summed E-state index contributed by atoms with van der Waals surface area (Å²) in [6, 6.07) is 21.2. The second kappa shape index (κ2) is 17.2. The van der Waals surface area contributed by atoms with Gasteiger partial charge in [0.1, 0.15) is 11.9 Å². The zero-order chi connectivity index (χ0) is 31.0. The summed E-state index contributed by atoms with van der Waals surface area (Å²) in [6.07, 6.45) is 4.71. The maximum Gasteiger partial charge on any atom is 0.320 e. The zero-order valence-electron chi connectivity index (χ0n) is 23.7. The Morgan fingerprint density at radius 3 is 2.33 bits per heavy atom. The van der Waals surface area contributed by atoms with Crippen molar-refractivity contribution in [2.45, 2.75) is 44.7 Å². The minimum absolute atomic E-state index is 0.104. The Bertz CT molecular complexity index is 1400. The largest absolute Gasteiger partial charge is 0.481 e. The van der Waals surface area contributed by atoms with Gasteiger partial charge in [0.15, 0.2) is 0 Å². The summed E-state index contributed by atoms with van der Waals surface area (Å²) in [5, 5.41) is 24.3. The first-order chi connectivity index (χ1) is 20.7. The Kier molecular flexibility index (Phi) is 13.1. The average molecular weight is 590 g/mol. The molecule has 1 atom stereocenters. The molecule has 9 nitrogen and oxygen atoms in total. The number of carbonyl (C=O) groups excluding carboxylic acids is 2. The van der Waals surface area contributed by atoms with E-state index in [1.54, 1.807) is 47.4 Å². The van der Waals surface area contributed by atoms with Crippen LogP contribution in [0.25, 0.3) is 6.08 Å². The summed E-state index contributed by atoms with van der Waals surface area (Å²) in [6.45, 7) is 0.890. The SMILES string of the molecule is O=C(O)CCC(=O)NCCCC[C@@H](C(=O)O)N(C/C=C/c1cccc(NC(=O)c2ccccc2)c1)Cc1ccc(F)cc1. The van der Waals surface area contributed by atoms with Crippen LogP contribution in [0.1, 0.15) is 53.6 Å². The fourth-order valence-electron chi connectivity index (χ4n) is 4.42. The van der Waals surface area contributed by atoms with E-state index in [1.165, 1.54) is 12.1 Å². The molecule has 0 aliphatic carbocycles. The lowest BCUT2D eigenvalue weighted by Gasteiger charge is -2.28. The van der Waals surface area contributed by atoms with E-state index in [9.17, 15) is 28.7 Å². The summed E-state index contributed by atoms with van der Waals surface area (Å²) in [5.41, 5.74) is 2.74. The Hall–Kier alpha value is -4.83. The molecule has 0 fully saturated rings. The predicted octanol–water partition coefficient (Wildman–Crippen LogP) is 5.20. The number of hydrogen-bond acceptors (Lipinski definition) is 5. The van der Waals surface area contributed by atoms with Gasteiger partial charge in [0, 0.05) is 37.3 Å². The van der Waals surface area contributed by atoms with Gasteiger partial charge < -0.3 is 20.8 Å². The van der Waals surface area contributed by atoms with Crippen molar-refractivity contribution in [1.29, 1.82) is 0 Å². The predicted molar refractivity (Wildman–Crippen MR) is 162 cm³/mol. The minimum Gasteiger partial charge on any atom is -0.481 e. The van der Waals surface area contributed by atoms with Gasteiger partial charge in [-0.05, 0) is 66.8 Å². The summed E-state index contributed by atoms with van der Waals surface area (Å²) in [5.74, 6) is -3.00. The van der Waals surface area contributed by atoms with Crippen LogP contribution < -0.4 is 10.6 Å². The number of anilines is 1. The fraction of sp³-hybridized carbons (Fsp3) is 0.273. The highest BCUT2D eigenvalue weighted by molar-refractivity contribution is 6.04. The van der Waals surface area contributed by atoms with Crippen LogP contribution in [0.3, 0.4) is 0 Å². The highest BCUT2D eigenvalue weighted by atomic mass is 19.1. The van der Waals surface area contributed by atoms with Crippen molar-refractivity contribution in [3.05, 3.63) is 107 Å². The number of benzene rings is 3. The van der Waals surface area contributed by atoms with E-state index in [4.69, 9.17) is 5.11 Å². The van der Waals surface area contributed by atoms with Crippen LogP contribution in [0.5, 0.6) is 0 Å². The minimum atomic E-state index is -1.04. The van der Waals surface area contributed by atoms with Crippen molar-refractivity contribution >= 4 is 35.5 Å². The number of nitrogens with zero attached hydrogens (tertiary/aromatic N) is 1. The molecule has 0 spiro atoms. The molecule has 0 aliphatic heterocycles. The van der Waals surface area contributed by atoms with Crippen molar-refractivity contribution < 1.29 is 33.8 Å². The third-order valence-corrected chi connectivity index (χ3v) is 6.65.